The second-order valence-corrected chi connectivity index (χ2v) is 16.8. The molecule has 3 heterocycles. The molecule has 5 heteroatoms. The summed E-state index contributed by atoms with van der Waals surface area (Å²) in [6, 6.07) is 62.9. The number of phenols is 1. The second-order valence-electron chi connectivity index (χ2n) is 16.8. The van der Waals surface area contributed by atoms with Crippen LogP contribution in [0.1, 0.15) is 26.3 Å². The molecule has 3 aromatic heterocycles. The van der Waals surface area contributed by atoms with E-state index >= 15 is 0 Å². The third-order valence-electron chi connectivity index (χ3n) is 11.9. The quantitative estimate of drug-likeness (QED) is 0.182. The lowest BCUT2D eigenvalue weighted by atomic mass is 9.85. The Labute approximate surface area is 353 Å². The first-order chi connectivity index (χ1) is 29.8. The van der Waals surface area contributed by atoms with Crippen LogP contribution in [-0.4, -0.2) is 19.6 Å². The number of aromatic hydroxyl groups is 1. The van der Waals surface area contributed by atoms with Crippen molar-refractivity contribution >= 4 is 43.7 Å². The molecule has 0 saturated carbocycles. The topological polar surface area (TPSA) is 64.1 Å². The van der Waals surface area contributed by atoms with Gasteiger partial charge in [-0.15, -0.1) is 0 Å². The summed E-state index contributed by atoms with van der Waals surface area (Å²) in [5.74, 6) is 0.826. The Morgan fingerprint density at radius 1 is 0.525 bits per heavy atom. The molecule has 0 radical (unpaired) electrons. The Morgan fingerprint density at radius 2 is 1.23 bits per heavy atom. The van der Waals surface area contributed by atoms with Crippen LogP contribution in [0, 0.1) is 0 Å². The van der Waals surface area contributed by atoms with Crippen molar-refractivity contribution in [2.24, 2.45) is 0 Å². The monoisotopic (exact) mass is 787 g/mol. The minimum Gasteiger partial charge on any atom is -0.507 e. The van der Waals surface area contributed by atoms with Gasteiger partial charge in [0.05, 0.1) is 28.0 Å². The van der Waals surface area contributed by atoms with Crippen molar-refractivity contribution in [2.75, 3.05) is 0 Å². The molecule has 8 aromatic carbocycles. The van der Waals surface area contributed by atoms with Crippen LogP contribution in [-0.2, 0) is 5.41 Å². The lowest BCUT2D eigenvalue weighted by Gasteiger charge is -2.23. The molecular weight excluding hydrogens is 747 g/mol. The van der Waals surface area contributed by atoms with Gasteiger partial charge >= 0.3 is 0 Å². The third kappa shape index (κ3) is 6.25. The Morgan fingerprint density at radius 3 is 2.03 bits per heavy atom. The Hall–Kier alpha value is -7.76. The molecule has 11 aromatic rings. The maximum Gasteiger partial charge on any atom is 0.149 e. The molecule has 0 saturated heterocycles. The molecule has 0 unspecified atom stereocenters. The highest BCUT2D eigenvalue weighted by Crippen LogP contribution is 2.43. The molecular formula is C56H41N3O2. The Bertz CT molecular complexity index is 3460. The standard InChI is InChI=1S/C56H41N3O2/c1-56(2,3)41-26-28-49(46(32-41)36-17-8-5-9-18-36)59-50-23-14-22-42(53(50)58-55(59)45-21-12-13-24-51(45)60)39-29-38(35-15-6-4-7-16-35)30-40(31-39)48-33-52-47(34-57-48)44-27-25-37-19-10-11-20-43(37)54(44)61-52/h4-34,60H,1-3H3. The first kappa shape index (κ1) is 36.3. The predicted octanol–water partition coefficient (Wildman–Crippen LogP) is 14.8. The van der Waals surface area contributed by atoms with Gasteiger partial charge in [-0.05, 0) is 93.2 Å². The summed E-state index contributed by atoms with van der Waals surface area (Å²) in [6.45, 7) is 6.73. The van der Waals surface area contributed by atoms with E-state index in [1.54, 1.807) is 6.07 Å². The number of fused-ring (bicyclic) bond motifs is 6. The number of imidazole rings is 1. The largest absolute Gasteiger partial charge is 0.507 e. The zero-order valence-electron chi connectivity index (χ0n) is 34.1. The summed E-state index contributed by atoms with van der Waals surface area (Å²) < 4.78 is 8.83. The van der Waals surface area contributed by atoms with Gasteiger partial charge in [-0.3, -0.25) is 9.55 Å². The van der Waals surface area contributed by atoms with Crippen LogP contribution in [0.25, 0.3) is 105 Å². The lowest BCUT2D eigenvalue weighted by molar-refractivity contribution is 0.477. The molecule has 61 heavy (non-hydrogen) atoms. The number of pyridine rings is 1. The van der Waals surface area contributed by atoms with Crippen LogP contribution in [0.3, 0.4) is 0 Å². The molecule has 0 aliphatic heterocycles. The minimum atomic E-state index is -0.0631. The van der Waals surface area contributed by atoms with Gasteiger partial charge in [-0.2, -0.15) is 0 Å². The number of nitrogens with zero attached hydrogens (tertiary/aromatic N) is 3. The van der Waals surface area contributed by atoms with Crippen molar-refractivity contribution in [3.63, 3.8) is 0 Å². The summed E-state index contributed by atoms with van der Waals surface area (Å²) in [5.41, 5.74) is 14.3. The molecule has 0 aliphatic rings. The fourth-order valence-electron chi connectivity index (χ4n) is 8.75. The van der Waals surface area contributed by atoms with Gasteiger partial charge in [-0.25, -0.2) is 4.98 Å². The number of hydrogen-bond donors (Lipinski definition) is 1. The van der Waals surface area contributed by atoms with Gasteiger partial charge in [-0.1, -0.05) is 142 Å². The molecule has 0 spiro atoms. The number of hydrogen-bond acceptors (Lipinski definition) is 4. The van der Waals surface area contributed by atoms with Crippen molar-refractivity contribution in [1.82, 2.24) is 14.5 Å². The number of para-hydroxylation sites is 2. The number of benzene rings is 8. The minimum absolute atomic E-state index is 0.0631. The number of phenolic OH excluding ortho intramolecular Hbond substituents is 1. The zero-order valence-corrected chi connectivity index (χ0v) is 34.1. The molecule has 0 atom stereocenters. The van der Waals surface area contributed by atoms with E-state index in [0.29, 0.717) is 11.4 Å². The fraction of sp³-hybridized carbons (Fsp3) is 0.0714. The Kier molecular flexibility index (Phi) is 8.46. The second kappa shape index (κ2) is 14.2. The van der Waals surface area contributed by atoms with E-state index in [9.17, 15) is 5.11 Å². The average molecular weight is 788 g/mol. The van der Waals surface area contributed by atoms with Crippen molar-refractivity contribution in [2.45, 2.75) is 26.2 Å². The van der Waals surface area contributed by atoms with Crippen molar-refractivity contribution in [1.29, 1.82) is 0 Å². The summed E-state index contributed by atoms with van der Waals surface area (Å²) in [4.78, 5) is 10.5. The number of furan rings is 1. The van der Waals surface area contributed by atoms with Gasteiger partial charge in [0, 0.05) is 45.1 Å². The van der Waals surface area contributed by atoms with Crippen LogP contribution in [0.2, 0.25) is 0 Å². The molecule has 0 amide bonds. The maximum atomic E-state index is 11.4. The average Bonchev–Trinajstić information content (AvgIpc) is 3.88. The molecule has 0 bridgehead atoms. The lowest BCUT2D eigenvalue weighted by Crippen LogP contribution is -2.12. The van der Waals surface area contributed by atoms with Crippen molar-refractivity contribution in [3.05, 3.63) is 194 Å². The summed E-state index contributed by atoms with van der Waals surface area (Å²) >= 11 is 0. The summed E-state index contributed by atoms with van der Waals surface area (Å²) in [7, 11) is 0. The van der Waals surface area contributed by atoms with E-state index in [1.165, 1.54) is 5.56 Å². The van der Waals surface area contributed by atoms with Crippen molar-refractivity contribution < 1.29 is 9.52 Å². The number of rotatable bonds is 6. The van der Waals surface area contributed by atoms with E-state index < -0.39 is 0 Å². The van der Waals surface area contributed by atoms with Gasteiger partial charge < -0.3 is 9.52 Å². The predicted molar refractivity (Wildman–Crippen MR) is 251 cm³/mol. The number of aromatic nitrogens is 3. The zero-order chi connectivity index (χ0) is 41.2. The molecule has 0 aliphatic carbocycles. The third-order valence-corrected chi connectivity index (χ3v) is 11.9. The normalized spacial score (nSPS) is 11.9. The van der Waals surface area contributed by atoms with E-state index in [1.807, 2.05) is 36.5 Å². The van der Waals surface area contributed by atoms with Crippen LogP contribution >= 0.6 is 0 Å². The molecule has 0 fully saturated rings. The Balaban J connectivity index is 1.15. The first-order valence-electron chi connectivity index (χ1n) is 20.7. The van der Waals surface area contributed by atoms with Gasteiger partial charge in [0.15, 0.2) is 0 Å². The van der Waals surface area contributed by atoms with Gasteiger partial charge in [0.25, 0.3) is 0 Å². The molecule has 11 rings (SSSR count). The van der Waals surface area contributed by atoms with Crippen LogP contribution < -0.4 is 0 Å². The maximum absolute atomic E-state index is 11.4. The van der Waals surface area contributed by atoms with Gasteiger partial charge in [0.1, 0.15) is 22.7 Å². The van der Waals surface area contributed by atoms with Crippen LogP contribution in [0.5, 0.6) is 5.75 Å². The highest BCUT2D eigenvalue weighted by Gasteiger charge is 2.24. The highest BCUT2D eigenvalue weighted by atomic mass is 16.3. The fourth-order valence-corrected chi connectivity index (χ4v) is 8.75. The van der Waals surface area contributed by atoms with Crippen molar-refractivity contribution in [3.8, 4) is 67.5 Å². The summed E-state index contributed by atoms with van der Waals surface area (Å²) in [5, 5.41) is 15.7. The smallest absolute Gasteiger partial charge is 0.149 e. The van der Waals surface area contributed by atoms with E-state index in [0.717, 1.165) is 94.1 Å². The van der Waals surface area contributed by atoms with Gasteiger partial charge in [0.2, 0.25) is 0 Å². The first-order valence-corrected chi connectivity index (χ1v) is 20.7. The van der Waals surface area contributed by atoms with E-state index in [4.69, 9.17) is 14.4 Å². The van der Waals surface area contributed by atoms with Crippen LogP contribution in [0.4, 0.5) is 0 Å². The molecule has 5 nitrogen and oxygen atoms in total. The molecule has 292 valence electrons. The highest BCUT2D eigenvalue weighted by molar-refractivity contribution is 6.15. The van der Waals surface area contributed by atoms with E-state index in [2.05, 4.69) is 171 Å². The van der Waals surface area contributed by atoms with Crippen LogP contribution in [0.15, 0.2) is 193 Å². The van der Waals surface area contributed by atoms with E-state index in [-0.39, 0.29) is 11.2 Å². The molecule has 1 N–H and O–H groups in total. The summed E-state index contributed by atoms with van der Waals surface area (Å²) in [6.07, 6.45) is 1.94. The SMILES string of the molecule is CC(C)(C)c1ccc(-n2c(-c3ccccc3O)nc3c(-c4cc(-c5ccccc5)cc(-c5cc6oc7c8ccccc8ccc7c6cn5)c4)cccc32)c(-c2ccccc2)c1.